The van der Waals surface area contributed by atoms with E-state index in [1.54, 1.807) is 6.92 Å². The van der Waals surface area contributed by atoms with Crippen LogP contribution >= 0.6 is 0 Å². The number of anilines is 1. The lowest BCUT2D eigenvalue weighted by atomic mass is 10.1. The number of carbonyl (C=O) groups is 1. The first-order chi connectivity index (χ1) is 7.97. The van der Waals surface area contributed by atoms with Gasteiger partial charge in [0, 0.05) is 11.3 Å². The Morgan fingerprint density at radius 2 is 2.12 bits per heavy atom. The van der Waals surface area contributed by atoms with Gasteiger partial charge in [-0.2, -0.15) is 8.78 Å². The van der Waals surface area contributed by atoms with E-state index in [1.165, 1.54) is 19.1 Å². The van der Waals surface area contributed by atoms with Gasteiger partial charge in [0.1, 0.15) is 5.75 Å². The first-order valence-electron chi connectivity index (χ1n) is 4.98. The van der Waals surface area contributed by atoms with Crippen LogP contribution in [-0.4, -0.2) is 19.2 Å². The fourth-order valence-corrected chi connectivity index (χ4v) is 1.41. The Bertz CT molecular complexity index is 421. The van der Waals surface area contributed by atoms with Gasteiger partial charge in [0.2, 0.25) is 0 Å². The van der Waals surface area contributed by atoms with Gasteiger partial charge in [-0.15, -0.1) is 0 Å². The number of carbonyl (C=O) groups excluding carboxylic acids is 1. The van der Waals surface area contributed by atoms with Crippen molar-refractivity contribution in [3.05, 3.63) is 23.3 Å². The largest absolute Gasteiger partial charge is 0.462 e. The number of rotatable bonds is 4. The Balaban J connectivity index is 3.15. The summed E-state index contributed by atoms with van der Waals surface area (Å²) in [6.07, 6.45) is 0. The highest BCUT2D eigenvalue weighted by atomic mass is 19.3. The molecule has 0 bridgehead atoms. The molecule has 0 radical (unpaired) electrons. The fraction of sp³-hybridized carbons (Fsp3) is 0.364. The summed E-state index contributed by atoms with van der Waals surface area (Å²) in [5.41, 5.74) is 6.08. The normalized spacial score (nSPS) is 10.4. The molecule has 94 valence electrons. The number of ether oxygens (including phenoxy) is 2. The highest BCUT2D eigenvalue weighted by molar-refractivity contribution is 5.97. The number of esters is 1. The summed E-state index contributed by atoms with van der Waals surface area (Å²) in [6.45, 7) is 0.341. The van der Waals surface area contributed by atoms with Gasteiger partial charge >= 0.3 is 12.6 Å². The fourth-order valence-electron chi connectivity index (χ4n) is 1.41. The number of halogens is 2. The van der Waals surface area contributed by atoms with Crippen molar-refractivity contribution in [1.82, 2.24) is 0 Å². The molecule has 1 aromatic rings. The van der Waals surface area contributed by atoms with E-state index in [9.17, 15) is 13.6 Å². The molecule has 0 heterocycles. The van der Waals surface area contributed by atoms with Crippen LogP contribution in [0.1, 0.15) is 22.8 Å². The van der Waals surface area contributed by atoms with Crippen molar-refractivity contribution in [3.8, 4) is 5.75 Å². The van der Waals surface area contributed by atoms with Crippen molar-refractivity contribution in [2.45, 2.75) is 20.5 Å². The van der Waals surface area contributed by atoms with Crippen LogP contribution in [-0.2, 0) is 4.74 Å². The second kappa shape index (κ2) is 5.47. The maximum absolute atomic E-state index is 12.1. The highest BCUT2D eigenvalue weighted by Crippen LogP contribution is 2.28. The van der Waals surface area contributed by atoms with Crippen molar-refractivity contribution < 1.29 is 23.0 Å². The molecule has 6 heteroatoms. The van der Waals surface area contributed by atoms with Crippen LogP contribution in [0.3, 0.4) is 0 Å². The summed E-state index contributed by atoms with van der Waals surface area (Å²) in [5, 5.41) is 0. The Labute approximate surface area is 97.3 Å². The minimum absolute atomic E-state index is 0.0602. The van der Waals surface area contributed by atoms with Gasteiger partial charge < -0.3 is 15.2 Å². The lowest BCUT2D eigenvalue weighted by Crippen LogP contribution is -2.12. The SMILES string of the molecule is CCOC(=O)c1c(N)ccc(OC(F)F)c1C. The van der Waals surface area contributed by atoms with Crippen LogP contribution < -0.4 is 10.5 Å². The molecule has 0 amide bonds. The summed E-state index contributed by atoms with van der Waals surface area (Å²) in [6, 6.07) is 2.62. The number of benzene rings is 1. The molecule has 0 saturated carbocycles. The van der Waals surface area contributed by atoms with Gasteiger partial charge in [0.05, 0.1) is 12.2 Å². The summed E-state index contributed by atoms with van der Waals surface area (Å²) in [4.78, 5) is 11.6. The van der Waals surface area contributed by atoms with Crippen LogP contribution in [0.4, 0.5) is 14.5 Å². The van der Waals surface area contributed by atoms with Crippen molar-refractivity contribution >= 4 is 11.7 Å². The molecule has 0 aliphatic rings. The Hall–Kier alpha value is -1.85. The van der Waals surface area contributed by atoms with Crippen LogP contribution in [0.5, 0.6) is 5.75 Å². The summed E-state index contributed by atoms with van der Waals surface area (Å²) in [7, 11) is 0. The second-order valence-electron chi connectivity index (χ2n) is 3.25. The van der Waals surface area contributed by atoms with Crippen LogP contribution in [0.15, 0.2) is 12.1 Å². The Morgan fingerprint density at radius 3 is 2.65 bits per heavy atom. The average Bonchev–Trinajstić information content (AvgIpc) is 2.22. The molecule has 0 fully saturated rings. The van der Waals surface area contributed by atoms with Gasteiger partial charge in [0.15, 0.2) is 0 Å². The van der Waals surface area contributed by atoms with E-state index >= 15 is 0 Å². The smallest absolute Gasteiger partial charge is 0.387 e. The molecular formula is C11H13F2NO3. The first-order valence-corrected chi connectivity index (χ1v) is 4.98. The second-order valence-corrected chi connectivity index (χ2v) is 3.25. The van der Waals surface area contributed by atoms with Gasteiger partial charge in [0.25, 0.3) is 0 Å². The number of hydrogen-bond donors (Lipinski definition) is 1. The highest BCUT2D eigenvalue weighted by Gasteiger charge is 2.19. The lowest BCUT2D eigenvalue weighted by Gasteiger charge is -2.13. The van der Waals surface area contributed by atoms with Crippen LogP contribution in [0.2, 0.25) is 0 Å². The van der Waals surface area contributed by atoms with E-state index < -0.39 is 12.6 Å². The van der Waals surface area contributed by atoms with Crippen molar-refractivity contribution in [2.24, 2.45) is 0 Å². The topological polar surface area (TPSA) is 61.5 Å². The van der Waals surface area contributed by atoms with Gasteiger partial charge in [-0.1, -0.05) is 0 Å². The van der Waals surface area contributed by atoms with Crippen molar-refractivity contribution in [1.29, 1.82) is 0 Å². The number of nitrogen functional groups attached to an aromatic ring is 1. The Kier molecular flexibility index (Phi) is 4.25. The van der Waals surface area contributed by atoms with Crippen molar-refractivity contribution in [2.75, 3.05) is 12.3 Å². The first kappa shape index (κ1) is 13.2. The minimum atomic E-state index is -2.95. The van der Waals surface area contributed by atoms with Crippen LogP contribution in [0, 0.1) is 6.92 Å². The molecule has 0 saturated heterocycles. The van der Waals surface area contributed by atoms with E-state index in [0.717, 1.165) is 0 Å². The van der Waals surface area contributed by atoms with E-state index in [4.69, 9.17) is 10.5 Å². The van der Waals surface area contributed by atoms with E-state index in [-0.39, 0.29) is 29.2 Å². The predicted molar refractivity (Wildman–Crippen MR) is 58.2 cm³/mol. The molecule has 0 aliphatic heterocycles. The standard InChI is InChI=1S/C11H13F2NO3/c1-3-16-10(15)9-6(2)8(17-11(12)13)5-4-7(9)14/h4-5,11H,3,14H2,1-2H3. The molecular weight excluding hydrogens is 232 g/mol. The number of alkyl halides is 2. The maximum Gasteiger partial charge on any atom is 0.387 e. The van der Waals surface area contributed by atoms with Gasteiger partial charge in [-0.05, 0) is 26.0 Å². The molecule has 1 aromatic carbocycles. The van der Waals surface area contributed by atoms with Crippen molar-refractivity contribution in [3.63, 3.8) is 0 Å². The summed E-state index contributed by atoms with van der Waals surface area (Å²) >= 11 is 0. The third-order valence-corrected chi connectivity index (χ3v) is 2.14. The number of nitrogens with two attached hydrogens (primary N) is 1. The van der Waals surface area contributed by atoms with E-state index in [1.807, 2.05) is 0 Å². The molecule has 0 unspecified atom stereocenters. The predicted octanol–water partition coefficient (Wildman–Crippen LogP) is 2.36. The molecule has 4 nitrogen and oxygen atoms in total. The molecule has 17 heavy (non-hydrogen) atoms. The van der Waals surface area contributed by atoms with E-state index in [2.05, 4.69) is 4.74 Å². The third kappa shape index (κ3) is 3.05. The van der Waals surface area contributed by atoms with Gasteiger partial charge in [-0.3, -0.25) is 0 Å². The molecule has 1 rings (SSSR count). The van der Waals surface area contributed by atoms with Crippen LogP contribution in [0.25, 0.3) is 0 Å². The molecule has 2 N–H and O–H groups in total. The molecule has 0 atom stereocenters. The molecule has 0 aliphatic carbocycles. The maximum atomic E-state index is 12.1. The van der Waals surface area contributed by atoms with E-state index in [0.29, 0.717) is 0 Å². The Morgan fingerprint density at radius 1 is 1.47 bits per heavy atom. The lowest BCUT2D eigenvalue weighted by molar-refractivity contribution is -0.0503. The molecule has 0 spiro atoms. The third-order valence-electron chi connectivity index (χ3n) is 2.14. The zero-order chi connectivity index (χ0) is 13.0. The monoisotopic (exact) mass is 245 g/mol. The summed E-state index contributed by atoms with van der Waals surface area (Å²) < 4.78 is 33.3. The van der Waals surface area contributed by atoms with Gasteiger partial charge in [-0.25, -0.2) is 4.79 Å². The average molecular weight is 245 g/mol. The minimum Gasteiger partial charge on any atom is -0.462 e. The number of hydrogen-bond acceptors (Lipinski definition) is 4. The summed E-state index contributed by atoms with van der Waals surface area (Å²) in [5.74, 6) is -0.737. The molecule has 0 aromatic heterocycles. The zero-order valence-electron chi connectivity index (χ0n) is 9.50. The quantitative estimate of drug-likeness (QED) is 0.653. The zero-order valence-corrected chi connectivity index (χ0v) is 9.50.